The molecular formula is C44H24OS2. The summed E-state index contributed by atoms with van der Waals surface area (Å²) in [5.41, 5.74) is 6.86. The Hall–Kier alpha value is -5.48. The lowest BCUT2D eigenvalue weighted by molar-refractivity contribution is 0.669. The zero-order chi connectivity index (χ0) is 30.6. The third-order valence-electron chi connectivity index (χ3n) is 9.86. The number of para-hydroxylation sites is 1. The van der Waals surface area contributed by atoms with Crippen molar-refractivity contribution in [1.29, 1.82) is 0 Å². The lowest BCUT2D eigenvalue weighted by atomic mass is 9.85. The zero-order valence-corrected chi connectivity index (χ0v) is 26.7. The second-order valence-electron chi connectivity index (χ2n) is 12.4. The molecule has 8 aromatic carbocycles. The monoisotopic (exact) mass is 632 g/mol. The van der Waals surface area contributed by atoms with Gasteiger partial charge in [0.25, 0.3) is 0 Å². The summed E-state index contributed by atoms with van der Waals surface area (Å²) in [5.74, 6) is 0. The predicted octanol–water partition coefficient (Wildman–Crippen LogP) is 14.0. The second kappa shape index (κ2) is 9.52. The number of rotatable bonds is 2. The van der Waals surface area contributed by atoms with E-state index in [1.807, 2.05) is 34.8 Å². The molecule has 3 aromatic heterocycles. The first kappa shape index (κ1) is 25.7. The molecule has 1 nitrogen and oxygen atoms in total. The summed E-state index contributed by atoms with van der Waals surface area (Å²) in [6.07, 6.45) is 0. The van der Waals surface area contributed by atoms with Gasteiger partial charge in [0.2, 0.25) is 0 Å². The fourth-order valence-electron chi connectivity index (χ4n) is 7.87. The van der Waals surface area contributed by atoms with E-state index in [1.54, 1.807) is 0 Å². The van der Waals surface area contributed by atoms with Crippen LogP contribution in [0.2, 0.25) is 0 Å². The van der Waals surface area contributed by atoms with Crippen molar-refractivity contribution in [2.75, 3.05) is 0 Å². The fraction of sp³-hybridized carbons (Fsp3) is 0. The van der Waals surface area contributed by atoms with Crippen LogP contribution >= 0.6 is 22.7 Å². The summed E-state index contributed by atoms with van der Waals surface area (Å²) in [6.45, 7) is 0. The van der Waals surface area contributed by atoms with Gasteiger partial charge in [-0.1, -0.05) is 97.1 Å². The van der Waals surface area contributed by atoms with Gasteiger partial charge in [0.05, 0.1) is 0 Å². The van der Waals surface area contributed by atoms with E-state index >= 15 is 0 Å². The normalized spacial score (nSPS) is 12.3. The van der Waals surface area contributed by atoms with Crippen molar-refractivity contribution in [1.82, 2.24) is 0 Å². The van der Waals surface area contributed by atoms with Crippen LogP contribution in [0.4, 0.5) is 0 Å². The molecule has 3 heterocycles. The molecule has 0 unspecified atom stereocenters. The zero-order valence-electron chi connectivity index (χ0n) is 25.1. The van der Waals surface area contributed by atoms with Crippen LogP contribution in [0.1, 0.15) is 0 Å². The van der Waals surface area contributed by atoms with Crippen LogP contribution in [0.25, 0.3) is 106 Å². The first-order valence-electron chi connectivity index (χ1n) is 15.9. The Balaban J connectivity index is 1.23. The average Bonchev–Trinajstić information content (AvgIpc) is 3.81. The molecule has 0 spiro atoms. The van der Waals surface area contributed by atoms with Crippen LogP contribution in [-0.2, 0) is 0 Å². The molecule has 11 rings (SSSR count). The van der Waals surface area contributed by atoms with Crippen LogP contribution in [-0.4, -0.2) is 0 Å². The summed E-state index contributed by atoms with van der Waals surface area (Å²) in [6, 6.07) is 53.5. The molecule has 0 aliphatic rings. The molecule has 47 heavy (non-hydrogen) atoms. The van der Waals surface area contributed by atoms with Gasteiger partial charge in [0.1, 0.15) is 11.2 Å². The maximum absolute atomic E-state index is 6.20. The van der Waals surface area contributed by atoms with Crippen molar-refractivity contribution in [3.63, 3.8) is 0 Å². The molecule has 218 valence electrons. The van der Waals surface area contributed by atoms with Crippen LogP contribution in [0.3, 0.4) is 0 Å². The molecule has 0 aliphatic carbocycles. The van der Waals surface area contributed by atoms with Gasteiger partial charge in [-0.15, -0.1) is 22.7 Å². The van der Waals surface area contributed by atoms with E-state index in [4.69, 9.17) is 4.42 Å². The molecule has 0 fully saturated rings. The summed E-state index contributed by atoms with van der Waals surface area (Å²) < 4.78 is 11.6. The highest BCUT2D eigenvalue weighted by Crippen LogP contribution is 2.48. The molecule has 3 heteroatoms. The van der Waals surface area contributed by atoms with Gasteiger partial charge in [-0.2, -0.15) is 0 Å². The van der Waals surface area contributed by atoms with Gasteiger partial charge in [-0.3, -0.25) is 0 Å². The largest absolute Gasteiger partial charge is 0.456 e. The van der Waals surface area contributed by atoms with E-state index in [0.717, 1.165) is 21.9 Å². The van der Waals surface area contributed by atoms with Gasteiger partial charge in [-0.05, 0) is 92.3 Å². The van der Waals surface area contributed by atoms with E-state index in [1.165, 1.54) is 84.1 Å². The predicted molar refractivity (Wildman–Crippen MR) is 205 cm³/mol. The first-order chi connectivity index (χ1) is 23.3. The van der Waals surface area contributed by atoms with E-state index in [2.05, 4.69) is 133 Å². The van der Waals surface area contributed by atoms with Gasteiger partial charge in [0.15, 0.2) is 0 Å². The van der Waals surface area contributed by atoms with Crippen LogP contribution in [0, 0.1) is 0 Å². The minimum atomic E-state index is 0.920. The smallest absolute Gasteiger partial charge is 0.135 e. The highest BCUT2D eigenvalue weighted by molar-refractivity contribution is 7.28. The molecule has 0 amide bonds. The Morgan fingerprint density at radius 1 is 0.319 bits per heavy atom. The number of hydrogen-bond donors (Lipinski definition) is 0. The number of hydrogen-bond acceptors (Lipinski definition) is 3. The van der Waals surface area contributed by atoms with Crippen molar-refractivity contribution in [2.45, 2.75) is 0 Å². The van der Waals surface area contributed by atoms with Gasteiger partial charge in [-0.25, -0.2) is 0 Å². The Morgan fingerprint density at radius 3 is 1.43 bits per heavy atom. The van der Waals surface area contributed by atoms with E-state index in [-0.39, 0.29) is 0 Å². The van der Waals surface area contributed by atoms with E-state index < -0.39 is 0 Å². The Morgan fingerprint density at radius 2 is 0.766 bits per heavy atom. The number of thiophene rings is 2. The molecule has 0 aliphatic heterocycles. The third-order valence-corrected chi connectivity index (χ3v) is 12.1. The molecule has 0 N–H and O–H groups in total. The molecule has 0 saturated heterocycles. The van der Waals surface area contributed by atoms with E-state index in [0.29, 0.717) is 0 Å². The number of fused-ring (bicyclic) bond motifs is 12. The third kappa shape index (κ3) is 3.58. The van der Waals surface area contributed by atoms with Crippen molar-refractivity contribution >= 4 is 107 Å². The van der Waals surface area contributed by atoms with Crippen molar-refractivity contribution in [2.24, 2.45) is 0 Å². The molecule has 11 aromatic rings. The summed E-state index contributed by atoms with van der Waals surface area (Å²) in [7, 11) is 0. The summed E-state index contributed by atoms with van der Waals surface area (Å²) >= 11 is 3.79. The summed E-state index contributed by atoms with van der Waals surface area (Å²) in [4.78, 5) is 0. The maximum Gasteiger partial charge on any atom is 0.135 e. The Kier molecular flexibility index (Phi) is 5.20. The molecule has 0 saturated carbocycles. The van der Waals surface area contributed by atoms with Crippen LogP contribution < -0.4 is 0 Å². The van der Waals surface area contributed by atoms with Crippen molar-refractivity contribution < 1.29 is 4.42 Å². The standard InChI is InChI=1S/C44H24OS2/c1-3-12-30-28(10-1)41(25-17-19-36-33(23-25)27-9-5-7-15-35(27)45-36)29-11-2-4-13-31(29)42(30)26-18-20-38-34(24-26)44-40(47-38)22-21-39-43(44)32-14-6-8-16-37(32)46-39/h1-24H. The highest BCUT2D eigenvalue weighted by atomic mass is 32.1. The highest BCUT2D eigenvalue weighted by Gasteiger charge is 2.19. The maximum atomic E-state index is 6.20. The Bertz CT molecular complexity index is 3020. The molecule has 0 radical (unpaired) electrons. The first-order valence-corrected chi connectivity index (χ1v) is 17.6. The lowest BCUT2D eigenvalue weighted by Crippen LogP contribution is -1.90. The van der Waals surface area contributed by atoms with E-state index in [9.17, 15) is 0 Å². The van der Waals surface area contributed by atoms with Crippen LogP contribution in [0.15, 0.2) is 150 Å². The lowest BCUT2D eigenvalue weighted by Gasteiger charge is -2.18. The quantitative estimate of drug-likeness (QED) is 0.173. The fourth-order valence-corrected chi connectivity index (χ4v) is 10.1. The van der Waals surface area contributed by atoms with Gasteiger partial charge < -0.3 is 4.42 Å². The number of benzene rings is 8. The SMILES string of the molecule is c1ccc2c(c1)oc1ccc(-c3c4ccccc4c(-c4ccc5sc6ccc7sc8ccccc8c7c6c5c4)c4ccccc34)cc12. The molecule has 0 bridgehead atoms. The molecule has 0 atom stereocenters. The van der Waals surface area contributed by atoms with Gasteiger partial charge in [0, 0.05) is 51.1 Å². The minimum absolute atomic E-state index is 0.920. The van der Waals surface area contributed by atoms with Crippen molar-refractivity contribution in [3.05, 3.63) is 146 Å². The van der Waals surface area contributed by atoms with Gasteiger partial charge >= 0.3 is 0 Å². The van der Waals surface area contributed by atoms with Crippen LogP contribution in [0.5, 0.6) is 0 Å². The second-order valence-corrected chi connectivity index (χ2v) is 14.5. The average molecular weight is 633 g/mol. The number of furan rings is 1. The summed E-state index contributed by atoms with van der Waals surface area (Å²) in [5, 5.41) is 12.8. The topological polar surface area (TPSA) is 13.1 Å². The molecular weight excluding hydrogens is 609 g/mol. The minimum Gasteiger partial charge on any atom is -0.456 e. The Labute approximate surface area is 277 Å². The van der Waals surface area contributed by atoms with Crippen molar-refractivity contribution in [3.8, 4) is 22.3 Å².